The molecular weight excluding hydrogens is 362 g/mol. The van der Waals surface area contributed by atoms with Gasteiger partial charge in [-0.1, -0.05) is 12.1 Å². The van der Waals surface area contributed by atoms with Crippen molar-refractivity contribution in [3.05, 3.63) is 95.8 Å². The lowest BCUT2D eigenvalue weighted by atomic mass is 10.1. The van der Waals surface area contributed by atoms with Crippen LogP contribution in [0.1, 0.15) is 24.1 Å². The molecule has 6 heteroatoms. The molecule has 1 heterocycles. The SMILES string of the molecule is CC(NC(=O)C=Cc1ccc(F)cc1F)c1cccc(Oc2cccnc2)c1. The number of halogens is 2. The standard InChI is InChI=1S/C22H18F2N2O2/c1-15(26-22(27)10-8-16-7-9-18(23)13-21(16)24)17-4-2-5-19(12-17)28-20-6-3-11-25-14-20/h2-15H,1H3,(H,26,27). The van der Waals surface area contributed by atoms with Gasteiger partial charge in [0.15, 0.2) is 0 Å². The van der Waals surface area contributed by atoms with Gasteiger partial charge < -0.3 is 10.1 Å². The zero-order valence-corrected chi connectivity index (χ0v) is 15.1. The Hall–Kier alpha value is -3.54. The lowest BCUT2D eigenvalue weighted by molar-refractivity contribution is -0.117. The van der Waals surface area contributed by atoms with Crippen molar-refractivity contribution in [3.63, 3.8) is 0 Å². The summed E-state index contributed by atoms with van der Waals surface area (Å²) >= 11 is 0. The van der Waals surface area contributed by atoms with Crippen molar-refractivity contribution in [2.75, 3.05) is 0 Å². The van der Waals surface area contributed by atoms with Crippen LogP contribution in [0.15, 0.2) is 73.1 Å². The van der Waals surface area contributed by atoms with Gasteiger partial charge in [0.05, 0.1) is 12.2 Å². The second-order valence-corrected chi connectivity index (χ2v) is 6.09. The Morgan fingerprint density at radius 1 is 1.11 bits per heavy atom. The minimum absolute atomic E-state index is 0.135. The maximum Gasteiger partial charge on any atom is 0.244 e. The summed E-state index contributed by atoms with van der Waals surface area (Å²) in [7, 11) is 0. The van der Waals surface area contributed by atoms with Crippen LogP contribution in [0.4, 0.5) is 8.78 Å². The molecule has 3 rings (SSSR count). The monoisotopic (exact) mass is 380 g/mol. The van der Waals surface area contributed by atoms with Crippen molar-refractivity contribution in [3.8, 4) is 11.5 Å². The van der Waals surface area contributed by atoms with Crippen LogP contribution >= 0.6 is 0 Å². The fraction of sp³-hybridized carbons (Fsp3) is 0.0909. The van der Waals surface area contributed by atoms with Crippen molar-refractivity contribution in [1.29, 1.82) is 0 Å². The number of ether oxygens (including phenoxy) is 1. The molecular formula is C22H18F2N2O2. The van der Waals surface area contributed by atoms with Crippen LogP contribution in [-0.2, 0) is 4.79 Å². The predicted molar refractivity (Wildman–Crippen MR) is 103 cm³/mol. The van der Waals surface area contributed by atoms with E-state index in [1.54, 1.807) is 24.5 Å². The zero-order valence-electron chi connectivity index (χ0n) is 15.1. The molecule has 0 aliphatic heterocycles. The molecule has 1 N–H and O–H groups in total. The summed E-state index contributed by atoms with van der Waals surface area (Å²) in [6.45, 7) is 1.83. The average Bonchev–Trinajstić information content (AvgIpc) is 2.68. The van der Waals surface area contributed by atoms with Gasteiger partial charge in [-0.2, -0.15) is 0 Å². The third kappa shape index (κ3) is 5.23. The van der Waals surface area contributed by atoms with Gasteiger partial charge in [-0.15, -0.1) is 0 Å². The summed E-state index contributed by atoms with van der Waals surface area (Å²) < 4.78 is 32.3. The Bertz CT molecular complexity index is 991. The fourth-order valence-electron chi connectivity index (χ4n) is 2.54. The van der Waals surface area contributed by atoms with Crippen molar-refractivity contribution in [2.24, 2.45) is 0 Å². The van der Waals surface area contributed by atoms with E-state index in [4.69, 9.17) is 4.74 Å². The molecule has 0 spiro atoms. The van der Waals surface area contributed by atoms with Gasteiger partial charge >= 0.3 is 0 Å². The molecule has 0 aliphatic carbocycles. The highest BCUT2D eigenvalue weighted by molar-refractivity contribution is 5.92. The zero-order chi connectivity index (χ0) is 19.9. The number of aromatic nitrogens is 1. The molecule has 3 aromatic rings. The molecule has 0 radical (unpaired) electrons. The molecule has 0 saturated carbocycles. The van der Waals surface area contributed by atoms with Crippen molar-refractivity contribution < 1.29 is 18.3 Å². The van der Waals surface area contributed by atoms with Crippen molar-refractivity contribution >= 4 is 12.0 Å². The van der Waals surface area contributed by atoms with Crippen molar-refractivity contribution in [1.82, 2.24) is 10.3 Å². The van der Waals surface area contributed by atoms with E-state index in [-0.39, 0.29) is 11.6 Å². The normalized spacial score (nSPS) is 12.0. The molecule has 4 nitrogen and oxygen atoms in total. The van der Waals surface area contributed by atoms with Gasteiger partial charge in [-0.05, 0) is 55.0 Å². The third-order valence-corrected chi connectivity index (χ3v) is 3.96. The van der Waals surface area contributed by atoms with E-state index >= 15 is 0 Å². The molecule has 2 aromatic carbocycles. The highest BCUT2D eigenvalue weighted by Gasteiger charge is 2.09. The largest absolute Gasteiger partial charge is 0.456 e. The molecule has 1 aromatic heterocycles. The highest BCUT2D eigenvalue weighted by atomic mass is 19.1. The summed E-state index contributed by atoms with van der Waals surface area (Å²) in [4.78, 5) is 16.1. The van der Waals surface area contributed by atoms with Gasteiger partial charge in [0.25, 0.3) is 0 Å². The van der Waals surface area contributed by atoms with Gasteiger partial charge in [0, 0.05) is 23.9 Å². The fourth-order valence-corrected chi connectivity index (χ4v) is 2.54. The Balaban J connectivity index is 1.63. The summed E-state index contributed by atoms with van der Waals surface area (Å²) in [5, 5.41) is 2.80. The Morgan fingerprint density at radius 3 is 2.68 bits per heavy atom. The number of hydrogen-bond acceptors (Lipinski definition) is 3. The second kappa shape index (κ2) is 8.90. The Labute approximate surface area is 161 Å². The van der Waals surface area contributed by atoms with Crippen LogP contribution in [0.2, 0.25) is 0 Å². The quantitative estimate of drug-likeness (QED) is 0.610. The Morgan fingerprint density at radius 2 is 1.93 bits per heavy atom. The Kier molecular flexibility index (Phi) is 6.11. The van der Waals surface area contributed by atoms with Crippen molar-refractivity contribution in [2.45, 2.75) is 13.0 Å². The van der Waals surface area contributed by atoms with E-state index in [2.05, 4.69) is 10.3 Å². The molecule has 142 valence electrons. The minimum atomic E-state index is -0.725. The summed E-state index contributed by atoms with van der Waals surface area (Å²) in [6, 6.07) is 13.8. The lowest BCUT2D eigenvalue weighted by Gasteiger charge is -2.14. The van der Waals surface area contributed by atoms with E-state index < -0.39 is 17.5 Å². The van der Waals surface area contributed by atoms with Crippen LogP contribution < -0.4 is 10.1 Å². The molecule has 1 unspecified atom stereocenters. The van der Waals surface area contributed by atoms with Crippen LogP contribution in [0.3, 0.4) is 0 Å². The first-order valence-corrected chi connectivity index (χ1v) is 8.63. The third-order valence-electron chi connectivity index (χ3n) is 3.96. The van der Waals surface area contributed by atoms with Crippen LogP contribution in [0.25, 0.3) is 6.08 Å². The molecule has 0 saturated heterocycles. The van der Waals surface area contributed by atoms with E-state index in [9.17, 15) is 13.6 Å². The molecule has 0 aliphatic rings. The van der Waals surface area contributed by atoms with Gasteiger partial charge in [0.2, 0.25) is 5.91 Å². The van der Waals surface area contributed by atoms with E-state index in [0.717, 1.165) is 17.7 Å². The minimum Gasteiger partial charge on any atom is -0.456 e. The number of carbonyl (C=O) groups is 1. The van der Waals surface area contributed by atoms with E-state index in [1.165, 1.54) is 18.2 Å². The first-order valence-electron chi connectivity index (χ1n) is 8.63. The second-order valence-electron chi connectivity index (χ2n) is 6.09. The smallest absolute Gasteiger partial charge is 0.244 e. The van der Waals surface area contributed by atoms with E-state index in [0.29, 0.717) is 11.5 Å². The predicted octanol–water partition coefficient (Wildman–Crippen LogP) is 5.04. The van der Waals surface area contributed by atoms with Gasteiger partial charge in [-0.3, -0.25) is 9.78 Å². The molecule has 1 atom stereocenters. The number of rotatable bonds is 6. The van der Waals surface area contributed by atoms with Crippen LogP contribution in [0.5, 0.6) is 11.5 Å². The average molecular weight is 380 g/mol. The molecule has 28 heavy (non-hydrogen) atoms. The summed E-state index contributed by atoms with van der Waals surface area (Å²) in [5.41, 5.74) is 0.979. The lowest BCUT2D eigenvalue weighted by Crippen LogP contribution is -2.24. The molecule has 1 amide bonds. The molecule has 0 fully saturated rings. The number of carbonyl (C=O) groups excluding carboxylic acids is 1. The maximum atomic E-state index is 13.6. The van der Waals surface area contributed by atoms with Crippen LogP contribution in [-0.4, -0.2) is 10.9 Å². The number of benzene rings is 2. The summed E-state index contributed by atoms with van der Waals surface area (Å²) in [6.07, 6.45) is 5.78. The first kappa shape index (κ1) is 19.2. The highest BCUT2D eigenvalue weighted by Crippen LogP contribution is 2.24. The number of hydrogen-bond donors (Lipinski definition) is 1. The maximum absolute atomic E-state index is 13.6. The van der Waals surface area contributed by atoms with Gasteiger partial charge in [0.1, 0.15) is 23.1 Å². The summed E-state index contributed by atoms with van der Waals surface area (Å²) in [5.74, 6) is -0.551. The number of amides is 1. The van der Waals surface area contributed by atoms with Gasteiger partial charge in [-0.25, -0.2) is 8.78 Å². The first-order chi connectivity index (χ1) is 13.5. The number of pyridine rings is 1. The van der Waals surface area contributed by atoms with E-state index in [1.807, 2.05) is 31.2 Å². The number of nitrogens with one attached hydrogen (secondary N) is 1. The number of nitrogens with zero attached hydrogens (tertiary/aromatic N) is 1. The van der Waals surface area contributed by atoms with Crippen LogP contribution in [0, 0.1) is 11.6 Å². The molecule has 0 bridgehead atoms. The topological polar surface area (TPSA) is 51.2 Å².